The third kappa shape index (κ3) is 3.51. The van der Waals surface area contributed by atoms with Crippen molar-refractivity contribution in [2.45, 2.75) is 24.0 Å². The van der Waals surface area contributed by atoms with E-state index >= 15 is 0 Å². The first-order valence-corrected chi connectivity index (χ1v) is 6.69. The minimum Gasteiger partial charge on any atom is -0.488 e. The van der Waals surface area contributed by atoms with Crippen LogP contribution in [0.2, 0.25) is 5.02 Å². The summed E-state index contributed by atoms with van der Waals surface area (Å²) < 4.78 is 16.4. The Hall–Kier alpha value is -0.480. The molecular formula is C13H16Cl2O3. The summed E-state index contributed by atoms with van der Waals surface area (Å²) in [6, 6.07) is 7.29. The number of benzene rings is 1. The van der Waals surface area contributed by atoms with Gasteiger partial charge in [-0.1, -0.05) is 11.6 Å². The van der Waals surface area contributed by atoms with Gasteiger partial charge in [-0.25, -0.2) is 0 Å². The zero-order chi connectivity index (χ0) is 13.0. The van der Waals surface area contributed by atoms with E-state index in [1.807, 2.05) is 12.1 Å². The average Bonchev–Trinajstić information content (AvgIpc) is 2.36. The third-order valence-corrected chi connectivity index (χ3v) is 3.56. The highest BCUT2D eigenvalue weighted by Gasteiger charge is 2.42. The summed E-state index contributed by atoms with van der Waals surface area (Å²) in [6.07, 6.45) is 0.727. The van der Waals surface area contributed by atoms with E-state index in [9.17, 15) is 0 Å². The molecule has 0 heterocycles. The van der Waals surface area contributed by atoms with Crippen LogP contribution in [-0.4, -0.2) is 37.9 Å². The third-order valence-electron chi connectivity index (χ3n) is 2.88. The van der Waals surface area contributed by atoms with Gasteiger partial charge in [0.15, 0.2) is 0 Å². The highest BCUT2D eigenvalue weighted by molar-refractivity contribution is 6.30. The molecule has 3 nitrogen and oxygen atoms in total. The topological polar surface area (TPSA) is 27.7 Å². The van der Waals surface area contributed by atoms with Crippen LogP contribution in [0.15, 0.2) is 24.3 Å². The van der Waals surface area contributed by atoms with E-state index in [2.05, 4.69) is 0 Å². The minimum atomic E-state index is -0.0718. The fourth-order valence-corrected chi connectivity index (χ4v) is 2.35. The predicted octanol–water partition coefficient (Wildman–Crippen LogP) is 3.13. The molecule has 0 bridgehead atoms. The molecule has 1 aliphatic carbocycles. The summed E-state index contributed by atoms with van der Waals surface area (Å²) in [7, 11) is 1.64. The fraction of sp³-hybridized carbons (Fsp3) is 0.538. The molecule has 100 valence electrons. The molecular weight excluding hydrogens is 275 g/mol. The maximum absolute atomic E-state index is 6.11. The summed E-state index contributed by atoms with van der Waals surface area (Å²) in [5, 5.41) is 0.707. The molecule has 2 rings (SSSR count). The van der Waals surface area contributed by atoms with Crippen molar-refractivity contribution in [3.05, 3.63) is 29.3 Å². The second-order valence-corrected chi connectivity index (χ2v) is 5.19. The molecule has 0 aliphatic heterocycles. The smallest absolute Gasteiger partial charge is 0.128 e. The van der Waals surface area contributed by atoms with Gasteiger partial charge in [0.05, 0.1) is 18.6 Å². The molecule has 3 unspecified atom stereocenters. The number of hydrogen-bond acceptors (Lipinski definition) is 3. The number of alkyl halides is 1. The van der Waals surface area contributed by atoms with Crippen molar-refractivity contribution in [2.24, 2.45) is 0 Å². The van der Waals surface area contributed by atoms with E-state index in [0.717, 1.165) is 12.2 Å². The minimum absolute atomic E-state index is 0.00512. The summed E-state index contributed by atoms with van der Waals surface area (Å²) in [4.78, 5) is 0. The molecule has 1 aromatic rings. The number of halogens is 2. The lowest BCUT2D eigenvalue weighted by Crippen LogP contribution is -2.53. The number of hydrogen-bond donors (Lipinski definition) is 0. The second kappa shape index (κ2) is 6.62. The molecule has 0 N–H and O–H groups in total. The molecule has 1 aromatic carbocycles. The van der Waals surface area contributed by atoms with Crippen LogP contribution in [0.1, 0.15) is 6.42 Å². The Kier molecular flexibility index (Phi) is 5.13. The zero-order valence-corrected chi connectivity index (χ0v) is 11.7. The molecule has 1 fully saturated rings. The van der Waals surface area contributed by atoms with Crippen LogP contribution in [-0.2, 0) is 9.47 Å². The Morgan fingerprint density at radius 2 is 1.94 bits per heavy atom. The fourth-order valence-electron chi connectivity index (χ4n) is 1.81. The molecule has 0 amide bonds. The molecule has 0 saturated heterocycles. The van der Waals surface area contributed by atoms with Crippen LogP contribution < -0.4 is 4.74 Å². The Bertz CT molecular complexity index is 369. The van der Waals surface area contributed by atoms with E-state index in [4.69, 9.17) is 37.4 Å². The van der Waals surface area contributed by atoms with Gasteiger partial charge in [0.25, 0.3) is 0 Å². The zero-order valence-electron chi connectivity index (χ0n) is 10.1. The van der Waals surface area contributed by atoms with Gasteiger partial charge in [-0.05, 0) is 24.3 Å². The second-order valence-electron chi connectivity index (χ2n) is 4.19. The van der Waals surface area contributed by atoms with Gasteiger partial charge >= 0.3 is 0 Å². The van der Waals surface area contributed by atoms with Crippen molar-refractivity contribution in [2.75, 3.05) is 20.3 Å². The summed E-state index contributed by atoms with van der Waals surface area (Å²) in [5.74, 6) is 0.785. The van der Waals surface area contributed by atoms with Crippen LogP contribution in [0.25, 0.3) is 0 Å². The maximum Gasteiger partial charge on any atom is 0.128 e. The first-order chi connectivity index (χ1) is 8.70. The molecule has 1 saturated carbocycles. The van der Waals surface area contributed by atoms with Crippen molar-refractivity contribution in [1.82, 2.24) is 0 Å². The van der Waals surface area contributed by atoms with Crippen molar-refractivity contribution < 1.29 is 14.2 Å². The van der Waals surface area contributed by atoms with E-state index in [0.29, 0.717) is 18.2 Å². The van der Waals surface area contributed by atoms with Crippen LogP contribution in [0.5, 0.6) is 5.75 Å². The van der Waals surface area contributed by atoms with Gasteiger partial charge < -0.3 is 14.2 Å². The van der Waals surface area contributed by atoms with Gasteiger partial charge in [0.2, 0.25) is 0 Å². The van der Waals surface area contributed by atoms with E-state index in [1.165, 1.54) is 0 Å². The molecule has 5 heteroatoms. The molecule has 0 spiro atoms. The van der Waals surface area contributed by atoms with Crippen LogP contribution in [0.4, 0.5) is 0 Å². The lowest BCUT2D eigenvalue weighted by molar-refractivity contribution is -0.0898. The van der Waals surface area contributed by atoms with Gasteiger partial charge in [-0.2, -0.15) is 0 Å². The summed E-state index contributed by atoms with van der Waals surface area (Å²) in [6.45, 7) is 1.10. The Morgan fingerprint density at radius 1 is 1.22 bits per heavy atom. The Labute approximate surface area is 117 Å². The molecule has 18 heavy (non-hydrogen) atoms. The standard InChI is InChI=1S/C13H16Cl2O3/c1-16-6-7-17-13-11(15)8-12(13)18-10-4-2-9(14)3-5-10/h2-5,11-13H,6-8H2,1H3. The summed E-state index contributed by atoms with van der Waals surface area (Å²) >= 11 is 11.9. The molecule has 1 aliphatic rings. The van der Waals surface area contributed by atoms with Gasteiger partial charge in [-0.15, -0.1) is 11.6 Å². The number of rotatable bonds is 6. The lowest BCUT2D eigenvalue weighted by Gasteiger charge is -2.40. The highest BCUT2D eigenvalue weighted by atomic mass is 35.5. The predicted molar refractivity (Wildman–Crippen MR) is 71.7 cm³/mol. The normalized spacial score (nSPS) is 26.7. The van der Waals surface area contributed by atoms with Gasteiger partial charge in [-0.3, -0.25) is 0 Å². The SMILES string of the molecule is COCCOC1C(Cl)CC1Oc1ccc(Cl)cc1. The molecule has 3 atom stereocenters. The van der Waals surface area contributed by atoms with Crippen molar-refractivity contribution in [1.29, 1.82) is 0 Å². The average molecular weight is 291 g/mol. The number of methoxy groups -OCH3 is 1. The highest BCUT2D eigenvalue weighted by Crippen LogP contribution is 2.33. The Balaban J connectivity index is 1.83. The summed E-state index contributed by atoms with van der Waals surface area (Å²) in [5.41, 5.74) is 0. The molecule has 0 radical (unpaired) electrons. The van der Waals surface area contributed by atoms with Gasteiger partial charge in [0, 0.05) is 18.6 Å². The van der Waals surface area contributed by atoms with Gasteiger partial charge in [0.1, 0.15) is 18.0 Å². The van der Waals surface area contributed by atoms with E-state index in [-0.39, 0.29) is 17.6 Å². The number of ether oxygens (including phenoxy) is 3. The van der Waals surface area contributed by atoms with E-state index < -0.39 is 0 Å². The quantitative estimate of drug-likeness (QED) is 0.595. The molecule has 0 aromatic heterocycles. The van der Waals surface area contributed by atoms with Crippen LogP contribution >= 0.6 is 23.2 Å². The van der Waals surface area contributed by atoms with Crippen molar-refractivity contribution in [3.8, 4) is 5.75 Å². The Morgan fingerprint density at radius 3 is 2.56 bits per heavy atom. The maximum atomic E-state index is 6.11. The largest absolute Gasteiger partial charge is 0.488 e. The monoisotopic (exact) mass is 290 g/mol. The van der Waals surface area contributed by atoms with Crippen LogP contribution in [0.3, 0.4) is 0 Å². The van der Waals surface area contributed by atoms with Crippen molar-refractivity contribution >= 4 is 23.2 Å². The van der Waals surface area contributed by atoms with E-state index in [1.54, 1.807) is 19.2 Å². The van der Waals surface area contributed by atoms with Crippen molar-refractivity contribution in [3.63, 3.8) is 0 Å². The first kappa shape index (κ1) is 13.9. The van der Waals surface area contributed by atoms with Crippen LogP contribution in [0, 0.1) is 0 Å². The first-order valence-electron chi connectivity index (χ1n) is 5.87. The lowest BCUT2D eigenvalue weighted by atomic mass is 9.91.